The molecule has 0 aromatic heterocycles. The van der Waals surface area contributed by atoms with E-state index in [1.54, 1.807) is 0 Å². The summed E-state index contributed by atoms with van der Waals surface area (Å²) in [6, 6.07) is 1.35. The molecule has 2 radical (unpaired) electrons. The van der Waals surface area contributed by atoms with Crippen molar-refractivity contribution in [1.29, 1.82) is 0 Å². The van der Waals surface area contributed by atoms with Gasteiger partial charge in [0.05, 0.1) is 0 Å². The maximum atomic E-state index is 3.31. The summed E-state index contributed by atoms with van der Waals surface area (Å²) in [6.45, 7) is 0. The summed E-state index contributed by atoms with van der Waals surface area (Å²) in [6.07, 6.45) is 0. The van der Waals surface area contributed by atoms with E-state index in [-0.39, 0.29) is 18.9 Å². The van der Waals surface area contributed by atoms with Crippen LogP contribution in [0.2, 0.25) is 6.04 Å². The Bertz CT molecular complexity index is 28.8. The zero-order chi connectivity index (χ0) is 2.99. The van der Waals surface area contributed by atoms with Gasteiger partial charge >= 0.3 is 18.9 Å². The fourth-order valence-corrected chi connectivity index (χ4v) is 0.521. The van der Waals surface area contributed by atoms with Crippen LogP contribution in [-0.2, 0) is 0 Å². The van der Waals surface area contributed by atoms with Crippen LogP contribution in [-0.4, -0.2) is 9.52 Å². The molecule has 1 aliphatic heterocycles. The van der Waals surface area contributed by atoms with Crippen molar-refractivity contribution in [3.05, 3.63) is 4.45 Å². The summed E-state index contributed by atoms with van der Waals surface area (Å²) < 4.78 is 1.51. The summed E-state index contributed by atoms with van der Waals surface area (Å²) >= 11 is 3.31. The summed E-state index contributed by atoms with van der Waals surface area (Å²) in [5.74, 6) is 0. The average Bonchev–Trinajstić information content (AvgIpc) is 1.75. The quantitative estimate of drug-likeness (QED) is 0.270. The maximum Gasteiger partial charge on any atom is 1.00 e. The Morgan fingerprint density at radius 3 is 2.00 bits per heavy atom. The molecule has 5 heavy (non-hydrogen) atoms. The van der Waals surface area contributed by atoms with Crippen LogP contribution in [0.15, 0.2) is 0 Å². The first-order valence-corrected chi connectivity index (χ1v) is 3.15. The summed E-state index contributed by atoms with van der Waals surface area (Å²) in [7, 11) is 1.14. The van der Waals surface area contributed by atoms with Gasteiger partial charge in [-0.2, -0.15) is 9.52 Å². The predicted octanol–water partition coefficient (Wildman–Crippen LogP) is -1.99. The third-order valence-electron chi connectivity index (χ3n) is 0.310. The summed E-state index contributed by atoms with van der Waals surface area (Å²) in [5.41, 5.74) is 0. The molecule has 3 heteroatoms. The van der Waals surface area contributed by atoms with Gasteiger partial charge in [0.2, 0.25) is 0 Å². The second-order valence-corrected chi connectivity index (χ2v) is 3.76. The molecule has 0 aliphatic carbocycles. The molecule has 0 amide bonds. The van der Waals surface area contributed by atoms with Gasteiger partial charge in [-0.05, 0) is 0 Å². The average molecular weight is 141 g/mol. The molecule has 0 atom stereocenters. The Labute approximate surface area is 54.8 Å². The van der Waals surface area contributed by atoms with E-state index < -0.39 is 0 Å². The van der Waals surface area contributed by atoms with E-state index in [1.165, 1.54) is 10.5 Å². The number of hydrogen-bond donors (Lipinski definition) is 0. The molecule has 1 rings (SSSR count). The number of hydrogen-bond acceptors (Lipinski definition) is 0. The second kappa shape index (κ2) is 2.46. The number of rotatable bonds is 0. The van der Waals surface area contributed by atoms with Gasteiger partial charge in [-0.1, -0.05) is 0 Å². The topological polar surface area (TPSA) is 0 Å². The SMILES string of the molecule is Br[C-]1C[Si]1.[Li+]. The number of halogens is 1. The van der Waals surface area contributed by atoms with Gasteiger partial charge in [-0.25, -0.2) is 6.04 Å². The van der Waals surface area contributed by atoms with Crippen LogP contribution in [0.25, 0.3) is 0 Å². The standard InChI is InChI=1S/C2H2BrSi.Li/c3-2-1-4-2;/h1H2;/q-1;+1. The molecule has 1 saturated heterocycles. The Morgan fingerprint density at radius 1 is 1.80 bits per heavy atom. The van der Waals surface area contributed by atoms with Crippen LogP contribution in [0.4, 0.5) is 0 Å². The van der Waals surface area contributed by atoms with Crippen LogP contribution < -0.4 is 18.9 Å². The van der Waals surface area contributed by atoms with Gasteiger partial charge in [-0.15, -0.1) is 0 Å². The Hall–Kier alpha value is 1.29. The van der Waals surface area contributed by atoms with E-state index in [2.05, 4.69) is 15.9 Å². The van der Waals surface area contributed by atoms with Crippen molar-refractivity contribution in [3.8, 4) is 0 Å². The molecule has 0 nitrogen and oxygen atoms in total. The first-order valence-electron chi connectivity index (χ1n) is 1.15. The van der Waals surface area contributed by atoms with Crippen LogP contribution in [0.3, 0.4) is 0 Å². The molecule has 0 bridgehead atoms. The van der Waals surface area contributed by atoms with Gasteiger partial charge in [0.1, 0.15) is 0 Å². The van der Waals surface area contributed by atoms with E-state index in [9.17, 15) is 0 Å². The van der Waals surface area contributed by atoms with Gasteiger partial charge < -0.3 is 15.9 Å². The first kappa shape index (κ1) is 6.29. The van der Waals surface area contributed by atoms with Crippen molar-refractivity contribution in [1.82, 2.24) is 0 Å². The molecule has 1 fully saturated rings. The van der Waals surface area contributed by atoms with Crippen LogP contribution in [0, 0.1) is 4.45 Å². The van der Waals surface area contributed by atoms with Crippen molar-refractivity contribution < 1.29 is 18.9 Å². The molecule has 22 valence electrons. The van der Waals surface area contributed by atoms with Gasteiger partial charge in [-0.3, -0.25) is 4.45 Å². The van der Waals surface area contributed by atoms with E-state index in [0.29, 0.717) is 0 Å². The third kappa shape index (κ3) is 3.12. The third-order valence-corrected chi connectivity index (χ3v) is 2.61. The molecule has 0 N–H and O–H groups in total. The largest absolute Gasteiger partial charge is 1.00 e. The zero-order valence-electron chi connectivity index (χ0n) is 3.09. The van der Waals surface area contributed by atoms with Gasteiger partial charge in [0, 0.05) is 0 Å². The molecular formula is C2H2BrLiSi. The summed E-state index contributed by atoms with van der Waals surface area (Å²) in [5, 5.41) is 0. The van der Waals surface area contributed by atoms with Crippen molar-refractivity contribution >= 4 is 25.4 Å². The Morgan fingerprint density at radius 2 is 2.00 bits per heavy atom. The predicted molar refractivity (Wildman–Crippen MR) is 22.7 cm³/mol. The molecule has 0 unspecified atom stereocenters. The van der Waals surface area contributed by atoms with Crippen LogP contribution in [0.5, 0.6) is 0 Å². The minimum absolute atomic E-state index is 0. The molecule has 0 aromatic rings. The van der Waals surface area contributed by atoms with Gasteiger partial charge in [0.15, 0.2) is 0 Å². The van der Waals surface area contributed by atoms with Crippen molar-refractivity contribution in [2.75, 3.05) is 0 Å². The molecule has 1 aliphatic rings. The van der Waals surface area contributed by atoms with Gasteiger partial charge in [0.25, 0.3) is 0 Å². The van der Waals surface area contributed by atoms with E-state index >= 15 is 0 Å². The second-order valence-electron chi connectivity index (χ2n) is 0.758. The van der Waals surface area contributed by atoms with E-state index in [0.717, 1.165) is 9.52 Å². The van der Waals surface area contributed by atoms with Crippen molar-refractivity contribution in [2.24, 2.45) is 0 Å². The molecule has 0 saturated carbocycles. The minimum atomic E-state index is 0. The fourth-order valence-electron chi connectivity index (χ4n) is 0.0334. The fraction of sp³-hybridized carbons (Fsp3) is 0.500. The van der Waals surface area contributed by atoms with E-state index in [4.69, 9.17) is 0 Å². The zero-order valence-corrected chi connectivity index (χ0v) is 5.67. The molecular weight excluding hydrogens is 139 g/mol. The van der Waals surface area contributed by atoms with E-state index in [1.807, 2.05) is 0 Å². The minimum Gasteiger partial charge on any atom is -0.319 e. The van der Waals surface area contributed by atoms with Crippen LogP contribution in [0.1, 0.15) is 0 Å². The Balaban J connectivity index is 0.000000160. The molecule has 0 aromatic carbocycles. The normalized spacial score (nSPS) is 21.0. The molecule has 0 spiro atoms. The Kier molecular flexibility index (Phi) is 3.10. The van der Waals surface area contributed by atoms with Crippen molar-refractivity contribution in [2.45, 2.75) is 6.04 Å². The smallest absolute Gasteiger partial charge is 0.319 e. The summed E-state index contributed by atoms with van der Waals surface area (Å²) in [4.78, 5) is 0. The molecule has 1 heterocycles. The monoisotopic (exact) mass is 140 g/mol. The van der Waals surface area contributed by atoms with Crippen molar-refractivity contribution in [3.63, 3.8) is 0 Å². The first-order chi connectivity index (χ1) is 1.89. The van der Waals surface area contributed by atoms with Crippen LogP contribution >= 0.6 is 15.9 Å². The maximum absolute atomic E-state index is 3.31.